The lowest BCUT2D eigenvalue weighted by atomic mass is 10.1. The highest BCUT2D eigenvalue weighted by Crippen LogP contribution is 2.03. The fraction of sp³-hybridized carbons (Fsp3) is 0.250. The Kier molecular flexibility index (Phi) is 5.49. The van der Waals surface area contributed by atoms with Crippen molar-refractivity contribution in [3.63, 3.8) is 0 Å². The molecule has 0 radical (unpaired) electrons. The van der Waals surface area contributed by atoms with Gasteiger partial charge in [-0.3, -0.25) is 14.4 Å². The van der Waals surface area contributed by atoms with E-state index < -0.39 is 24.3 Å². The Morgan fingerprint density at radius 1 is 1.05 bits per heavy atom. The molecule has 19 heavy (non-hydrogen) atoms. The van der Waals surface area contributed by atoms with Gasteiger partial charge in [-0.25, -0.2) is 0 Å². The Morgan fingerprint density at radius 3 is 2.21 bits per heavy atom. The zero-order valence-corrected chi connectivity index (χ0v) is 10.2. The van der Waals surface area contributed by atoms with Crippen LogP contribution < -0.4 is 16.4 Å². The summed E-state index contributed by atoms with van der Waals surface area (Å²) in [5.74, 6) is -2.11. The first-order valence-electron chi connectivity index (χ1n) is 5.58. The molecule has 0 aliphatic heterocycles. The van der Waals surface area contributed by atoms with Crippen LogP contribution in [0.5, 0.6) is 0 Å². The van der Waals surface area contributed by atoms with E-state index in [-0.39, 0.29) is 6.54 Å². The summed E-state index contributed by atoms with van der Waals surface area (Å²) in [5.41, 5.74) is 6.74. The quantitative estimate of drug-likeness (QED) is 0.529. The number of hydrogen-bond donors (Lipinski definition) is 4. The topological polar surface area (TPSA) is 122 Å². The van der Waals surface area contributed by atoms with Crippen molar-refractivity contribution < 1.29 is 19.5 Å². The maximum absolute atomic E-state index is 11.6. The predicted octanol–water partition coefficient (Wildman–Crippen LogP) is -0.924. The maximum Gasteiger partial charge on any atom is 0.322 e. The summed E-state index contributed by atoms with van der Waals surface area (Å²) in [6, 6.07) is 6.65. The molecule has 0 atom stereocenters. The molecule has 0 heterocycles. The van der Waals surface area contributed by atoms with E-state index in [1.807, 2.05) is 0 Å². The van der Waals surface area contributed by atoms with Crippen molar-refractivity contribution in [3.05, 3.63) is 35.4 Å². The molecule has 1 rings (SSSR count). The van der Waals surface area contributed by atoms with Crippen LogP contribution in [0.15, 0.2) is 24.3 Å². The summed E-state index contributed by atoms with van der Waals surface area (Å²) in [5, 5.41) is 12.9. The number of carbonyl (C=O) groups is 3. The lowest BCUT2D eigenvalue weighted by Gasteiger charge is -2.06. The lowest BCUT2D eigenvalue weighted by Crippen LogP contribution is -2.39. The Morgan fingerprint density at radius 2 is 1.68 bits per heavy atom. The van der Waals surface area contributed by atoms with E-state index in [0.717, 1.165) is 5.56 Å². The number of nitrogens with two attached hydrogens (primary N) is 1. The first-order valence-corrected chi connectivity index (χ1v) is 5.58. The van der Waals surface area contributed by atoms with E-state index in [4.69, 9.17) is 10.8 Å². The second-order valence-electron chi connectivity index (χ2n) is 3.75. The number of amides is 2. The van der Waals surface area contributed by atoms with Crippen molar-refractivity contribution in [2.45, 2.75) is 6.54 Å². The Hall–Kier alpha value is -2.41. The van der Waals surface area contributed by atoms with Gasteiger partial charge in [0.2, 0.25) is 5.91 Å². The third-order valence-corrected chi connectivity index (χ3v) is 2.30. The number of carboxylic acids is 1. The van der Waals surface area contributed by atoms with Crippen molar-refractivity contribution in [2.24, 2.45) is 5.73 Å². The van der Waals surface area contributed by atoms with E-state index >= 15 is 0 Å². The predicted molar refractivity (Wildman–Crippen MR) is 67.3 cm³/mol. The SMILES string of the molecule is NCc1ccc(C(=O)NCC(=O)NCC(=O)O)cc1. The summed E-state index contributed by atoms with van der Waals surface area (Å²) in [4.78, 5) is 33.0. The van der Waals surface area contributed by atoms with E-state index in [1.54, 1.807) is 24.3 Å². The molecule has 0 bridgehead atoms. The summed E-state index contributed by atoms with van der Waals surface area (Å²) >= 11 is 0. The summed E-state index contributed by atoms with van der Waals surface area (Å²) in [6.45, 7) is -0.357. The number of carboxylic acid groups (broad SMARTS) is 1. The van der Waals surface area contributed by atoms with Crippen molar-refractivity contribution in [1.29, 1.82) is 0 Å². The van der Waals surface area contributed by atoms with Crippen molar-refractivity contribution in [2.75, 3.05) is 13.1 Å². The molecule has 1 aromatic carbocycles. The molecule has 2 amide bonds. The van der Waals surface area contributed by atoms with Gasteiger partial charge in [0.15, 0.2) is 0 Å². The molecule has 0 fully saturated rings. The monoisotopic (exact) mass is 265 g/mol. The molecule has 7 nitrogen and oxygen atoms in total. The van der Waals surface area contributed by atoms with Crippen LogP contribution in [0, 0.1) is 0 Å². The highest BCUT2D eigenvalue weighted by atomic mass is 16.4. The third-order valence-electron chi connectivity index (χ3n) is 2.30. The zero-order valence-electron chi connectivity index (χ0n) is 10.2. The van der Waals surface area contributed by atoms with Gasteiger partial charge in [-0.2, -0.15) is 0 Å². The van der Waals surface area contributed by atoms with Crippen molar-refractivity contribution in [3.8, 4) is 0 Å². The molecule has 0 unspecified atom stereocenters. The molecule has 5 N–H and O–H groups in total. The molecule has 0 aliphatic rings. The summed E-state index contributed by atoms with van der Waals surface area (Å²) in [7, 11) is 0. The van der Waals surface area contributed by atoms with Crippen LogP contribution >= 0.6 is 0 Å². The van der Waals surface area contributed by atoms with Crippen molar-refractivity contribution >= 4 is 17.8 Å². The number of rotatable bonds is 6. The van der Waals surface area contributed by atoms with Gasteiger partial charge in [0, 0.05) is 12.1 Å². The Balaban J connectivity index is 2.42. The minimum absolute atomic E-state index is 0.273. The molecule has 1 aromatic rings. The lowest BCUT2D eigenvalue weighted by molar-refractivity contribution is -0.137. The fourth-order valence-electron chi connectivity index (χ4n) is 1.29. The average molecular weight is 265 g/mol. The number of nitrogens with one attached hydrogen (secondary N) is 2. The van der Waals surface area contributed by atoms with Crippen LogP contribution in [0.25, 0.3) is 0 Å². The van der Waals surface area contributed by atoms with E-state index in [1.165, 1.54) is 0 Å². The largest absolute Gasteiger partial charge is 0.480 e. The second kappa shape index (κ2) is 7.12. The van der Waals surface area contributed by atoms with E-state index in [0.29, 0.717) is 12.1 Å². The number of hydrogen-bond acceptors (Lipinski definition) is 4. The van der Waals surface area contributed by atoms with Gasteiger partial charge >= 0.3 is 5.97 Å². The van der Waals surface area contributed by atoms with Crippen LogP contribution in [-0.4, -0.2) is 36.0 Å². The van der Waals surface area contributed by atoms with Gasteiger partial charge in [0.25, 0.3) is 5.91 Å². The smallest absolute Gasteiger partial charge is 0.322 e. The minimum Gasteiger partial charge on any atom is -0.480 e. The minimum atomic E-state index is -1.14. The van der Waals surface area contributed by atoms with E-state index in [2.05, 4.69) is 10.6 Å². The second-order valence-corrected chi connectivity index (χ2v) is 3.75. The van der Waals surface area contributed by atoms with Crippen LogP contribution in [0.3, 0.4) is 0 Å². The maximum atomic E-state index is 11.6. The molecule has 0 saturated heterocycles. The highest BCUT2D eigenvalue weighted by molar-refractivity contribution is 5.96. The molecule has 0 saturated carbocycles. The Labute approximate surface area is 109 Å². The number of benzene rings is 1. The van der Waals surface area contributed by atoms with Gasteiger partial charge in [0.05, 0.1) is 6.54 Å². The molecule has 102 valence electrons. The highest BCUT2D eigenvalue weighted by Gasteiger charge is 2.08. The van der Waals surface area contributed by atoms with Gasteiger partial charge in [0.1, 0.15) is 6.54 Å². The standard InChI is InChI=1S/C12H15N3O4/c13-5-8-1-3-9(4-2-8)12(19)15-6-10(16)14-7-11(17)18/h1-4H,5-7,13H2,(H,14,16)(H,15,19)(H,17,18). The molecular weight excluding hydrogens is 250 g/mol. The summed E-state index contributed by atoms with van der Waals surface area (Å²) in [6.07, 6.45) is 0. The normalized spacial score (nSPS) is 9.74. The number of carbonyl (C=O) groups excluding carboxylic acids is 2. The first-order chi connectivity index (χ1) is 9.02. The van der Waals surface area contributed by atoms with Crippen molar-refractivity contribution in [1.82, 2.24) is 10.6 Å². The Bertz CT molecular complexity index is 470. The van der Waals surface area contributed by atoms with Crippen LogP contribution in [0.1, 0.15) is 15.9 Å². The third kappa shape index (κ3) is 5.17. The fourth-order valence-corrected chi connectivity index (χ4v) is 1.29. The van der Waals surface area contributed by atoms with Gasteiger partial charge in [-0.05, 0) is 17.7 Å². The molecular formula is C12H15N3O4. The molecule has 7 heteroatoms. The number of aliphatic carboxylic acids is 1. The summed E-state index contributed by atoms with van der Waals surface area (Å²) < 4.78 is 0. The average Bonchev–Trinajstić information content (AvgIpc) is 2.42. The zero-order chi connectivity index (χ0) is 14.3. The first kappa shape index (κ1) is 14.7. The van der Waals surface area contributed by atoms with Gasteiger partial charge < -0.3 is 21.5 Å². The molecule has 0 aliphatic carbocycles. The van der Waals surface area contributed by atoms with E-state index in [9.17, 15) is 14.4 Å². The van der Waals surface area contributed by atoms with Crippen LogP contribution in [0.4, 0.5) is 0 Å². The van der Waals surface area contributed by atoms with Crippen LogP contribution in [-0.2, 0) is 16.1 Å². The molecule has 0 spiro atoms. The molecule has 0 aromatic heterocycles. The van der Waals surface area contributed by atoms with Gasteiger partial charge in [-0.15, -0.1) is 0 Å². The van der Waals surface area contributed by atoms with Crippen LogP contribution in [0.2, 0.25) is 0 Å². The van der Waals surface area contributed by atoms with Gasteiger partial charge in [-0.1, -0.05) is 12.1 Å².